The molecule has 3 amide bonds. The van der Waals surface area contributed by atoms with E-state index in [0.717, 1.165) is 41.3 Å². The fourth-order valence-corrected chi connectivity index (χ4v) is 3.88. The molecule has 1 aliphatic heterocycles. The number of aryl methyl sites for hydroxylation is 1. The first kappa shape index (κ1) is 22.9. The van der Waals surface area contributed by atoms with Gasteiger partial charge in [-0.1, -0.05) is 12.5 Å². The van der Waals surface area contributed by atoms with Gasteiger partial charge in [-0.2, -0.15) is 0 Å². The van der Waals surface area contributed by atoms with Crippen molar-refractivity contribution >= 4 is 36.4 Å². The zero-order valence-corrected chi connectivity index (χ0v) is 17.7. The van der Waals surface area contributed by atoms with Gasteiger partial charge in [0.25, 0.3) is 11.8 Å². The molecule has 3 N–H and O–H groups in total. The van der Waals surface area contributed by atoms with Crippen LogP contribution < -0.4 is 5.32 Å². The van der Waals surface area contributed by atoms with Crippen LogP contribution in [0.25, 0.3) is 10.9 Å². The Balaban J connectivity index is 1.52. The zero-order chi connectivity index (χ0) is 22.4. The number of nitrogens with one attached hydrogen (secondary N) is 1. The van der Waals surface area contributed by atoms with Crippen LogP contribution in [0.5, 0.6) is 0 Å². The summed E-state index contributed by atoms with van der Waals surface area (Å²) < 4.78 is 10.9. The average Bonchev–Trinajstić information content (AvgIpc) is 3.03. The van der Waals surface area contributed by atoms with Gasteiger partial charge in [-0.15, -0.1) is 5.06 Å². The summed E-state index contributed by atoms with van der Waals surface area (Å²) in [4.78, 5) is 61.8. The smallest absolute Gasteiger partial charge is 0.324 e. The number of aromatic nitrogens is 1. The third-order valence-corrected chi connectivity index (χ3v) is 5.73. The molecule has 11 heteroatoms. The maximum Gasteiger partial charge on any atom is 0.432 e. The summed E-state index contributed by atoms with van der Waals surface area (Å²) in [7, 11) is -3.93. The molecular formula is C20H24N3O7P. The number of nitrogens with zero attached hydrogens (tertiary/aromatic N) is 2. The lowest BCUT2D eigenvalue weighted by atomic mass is 10.1. The molecule has 1 aromatic carbocycles. The van der Waals surface area contributed by atoms with E-state index in [9.17, 15) is 18.9 Å². The predicted molar refractivity (Wildman–Crippen MR) is 111 cm³/mol. The van der Waals surface area contributed by atoms with Crippen LogP contribution in [-0.2, 0) is 32.0 Å². The van der Waals surface area contributed by atoms with Crippen molar-refractivity contribution in [1.82, 2.24) is 15.4 Å². The van der Waals surface area contributed by atoms with E-state index in [1.54, 1.807) is 6.20 Å². The molecule has 0 spiro atoms. The van der Waals surface area contributed by atoms with Gasteiger partial charge in [0.2, 0.25) is 0 Å². The molecule has 0 atom stereocenters. The fraction of sp³-hybridized carbons (Fsp3) is 0.400. The number of rotatable bonds is 9. The number of unbranched alkanes of at least 4 members (excludes halogenated alkanes) is 2. The van der Waals surface area contributed by atoms with Crippen molar-refractivity contribution in [2.24, 2.45) is 0 Å². The van der Waals surface area contributed by atoms with Gasteiger partial charge in [0.1, 0.15) is 0 Å². The van der Waals surface area contributed by atoms with E-state index < -0.39 is 25.5 Å². The summed E-state index contributed by atoms with van der Waals surface area (Å²) in [6.45, 7) is 0.150. The Bertz CT molecular complexity index is 1020. The van der Waals surface area contributed by atoms with E-state index in [-0.39, 0.29) is 25.5 Å². The summed E-state index contributed by atoms with van der Waals surface area (Å²) in [6.07, 6.45) is 3.62. The summed E-state index contributed by atoms with van der Waals surface area (Å²) in [5.41, 5.74) is 2.60. The number of imide groups is 1. The average molecular weight is 449 g/mol. The lowest BCUT2D eigenvalue weighted by molar-refractivity contribution is -0.171. The van der Waals surface area contributed by atoms with Crippen molar-refractivity contribution in [2.75, 3.05) is 6.16 Å². The van der Waals surface area contributed by atoms with Gasteiger partial charge < -0.3 is 19.9 Å². The number of benzene rings is 1. The van der Waals surface area contributed by atoms with Gasteiger partial charge in [-0.05, 0) is 48.6 Å². The minimum Gasteiger partial charge on any atom is -0.324 e. The number of amides is 3. The molecule has 1 fully saturated rings. The van der Waals surface area contributed by atoms with Crippen molar-refractivity contribution in [2.45, 2.75) is 45.1 Å². The van der Waals surface area contributed by atoms with Crippen LogP contribution in [-0.4, -0.2) is 43.9 Å². The Morgan fingerprint density at radius 3 is 2.52 bits per heavy atom. The normalized spacial score (nSPS) is 14.3. The third kappa shape index (κ3) is 6.85. The lowest BCUT2D eigenvalue weighted by Crippen LogP contribution is -2.36. The summed E-state index contributed by atoms with van der Waals surface area (Å²) in [5, 5.41) is 3.90. The molecule has 0 bridgehead atoms. The maximum absolute atomic E-state index is 11.9. The number of hydrogen-bond acceptors (Lipinski definition) is 6. The second-order valence-corrected chi connectivity index (χ2v) is 9.16. The molecule has 10 nitrogen and oxygen atoms in total. The molecule has 31 heavy (non-hydrogen) atoms. The number of pyridine rings is 1. The standard InChI is InChI=1S/C20H24N3O7P/c24-18-7-8-19(25)23(18)30-20(26)22-13-15-5-6-17-16(11-15)10-14(12-21-17)4-2-1-3-9-31(27,28)29/h5-6,10-12H,1-4,7-9,13H2,(H,22,26)(H2,27,28,29). The number of hydrogen-bond donors (Lipinski definition) is 3. The predicted octanol–water partition coefficient (Wildman–Crippen LogP) is 2.42. The second kappa shape index (κ2) is 10.00. The first-order chi connectivity index (χ1) is 14.7. The van der Waals surface area contributed by atoms with Crippen LogP contribution in [0.2, 0.25) is 0 Å². The molecule has 0 saturated carbocycles. The molecule has 0 unspecified atom stereocenters. The van der Waals surface area contributed by atoms with Crippen LogP contribution in [0.1, 0.15) is 43.2 Å². The minimum absolute atomic E-state index is 0.0375. The van der Waals surface area contributed by atoms with E-state index in [1.807, 2.05) is 24.3 Å². The van der Waals surface area contributed by atoms with Crippen LogP contribution >= 0.6 is 7.60 Å². The molecule has 0 radical (unpaired) electrons. The van der Waals surface area contributed by atoms with E-state index in [0.29, 0.717) is 11.5 Å². The number of carbonyl (C=O) groups excluding carboxylic acids is 3. The van der Waals surface area contributed by atoms with Crippen molar-refractivity contribution in [3.63, 3.8) is 0 Å². The molecule has 1 aromatic heterocycles. The van der Waals surface area contributed by atoms with Crippen LogP contribution in [0.4, 0.5) is 4.79 Å². The highest BCUT2D eigenvalue weighted by atomic mass is 31.2. The Labute approximate surface area is 178 Å². The van der Waals surface area contributed by atoms with E-state index in [4.69, 9.17) is 14.6 Å². The van der Waals surface area contributed by atoms with E-state index in [1.165, 1.54) is 0 Å². The number of carbonyl (C=O) groups is 3. The number of fused-ring (bicyclic) bond motifs is 1. The maximum atomic E-state index is 11.9. The molecule has 166 valence electrons. The van der Waals surface area contributed by atoms with Crippen LogP contribution in [0.3, 0.4) is 0 Å². The Hall–Kier alpha value is -2.81. The molecule has 0 aliphatic carbocycles. The minimum atomic E-state index is -3.93. The number of hydroxylamine groups is 2. The quantitative estimate of drug-likeness (QED) is 0.301. The van der Waals surface area contributed by atoms with Gasteiger partial charge in [0, 0.05) is 37.1 Å². The van der Waals surface area contributed by atoms with Crippen molar-refractivity contribution < 1.29 is 33.6 Å². The highest BCUT2D eigenvalue weighted by Crippen LogP contribution is 2.35. The van der Waals surface area contributed by atoms with E-state index >= 15 is 0 Å². The van der Waals surface area contributed by atoms with Gasteiger partial charge in [-0.3, -0.25) is 19.1 Å². The van der Waals surface area contributed by atoms with Gasteiger partial charge >= 0.3 is 13.7 Å². The van der Waals surface area contributed by atoms with Crippen LogP contribution in [0, 0.1) is 0 Å². The van der Waals surface area contributed by atoms with Crippen molar-refractivity contribution in [3.8, 4) is 0 Å². The SMILES string of the molecule is O=C(NCc1ccc2ncc(CCCCCP(=O)(O)O)cc2c1)ON1C(=O)CCC1=O. The summed E-state index contributed by atoms with van der Waals surface area (Å²) in [6, 6.07) is 7.51. The van der Waals surface area contributed by atoms with Gasteiger partial charge in [0.15, 0.2) is 0 Å². The van der Waals surface area contributed by atoms with Gasteiger partial charge in [0.05, 0.1) is 5.52 Å². The third-order valence-electron chi connectivity index (χ3n) is 4.83. The molecule has 2 aromatic rings. The largest absolute Gasteiger partial charge is 0.432 e. The molecule has 1 aliphatic rings. The molecule has 2 heterocycles. The highest BCUT2D eigenvalue weighted by molar-refractivity contribution is 7.51. The molecular weight excluding hydrogens is 425 g/mol. The van der Waals surface area contributed by atoms with Gasteiger partial charge in [-0.25, -0.2) is 4.79 Å². The van der Waals surface area contributed by atoms with Crippen molar-refractivity contribution in [1.29, 1.82) is 0 Å². The Morgan fingerprint density at radius 2 is 1.81 bits per heavy atom. The van der Waals surface area contributed by atoms with Crippen molar-refractivity contribution in [3.05, 3.63) is 41.6 Å². The van der Waals surface area contributed by atoms with Crippen LogP contribution in [0.15, 0.2) is 30.5 Å². The second-order valence-electron chi connectivity index (χ2n) is 7.38. The fourth-order valence-electron chi connectivity index (χ4n) is 3.24. The molecule has 1 saturated heterocycles. The topological polar surface area (TPSA) is 146 Å². The summed E-state index contributed by atoms with van der Waals surface area (Å²) >= 11 is 0. The first-order valence-corrected chi connectivity index (χ1v) is 11.7. The highest BCUT2D eigenvalue weighted by Gasteiger charge is 2.32. The monoisotopic (exact) mass is 449 g/mol. The zero-order valence-electron chi connectivity index (χ0n) is 16.8. The Kier molecular flexibility index (Phi) is 7.37. The van der Waals surface area contributed by atoms with E-state index in [2.05, 4.69) is 10.3 Å². The first-order valence-electron chi connectivity index (χ1n) is 9.95. The lowest BCUT2D eigenvalue weighted by Gasteiger charge is -2.13. The Morgan fingerprint density at radius 1 is 1.10 bits per heavy atom. The molecule has 3 rings (SSSR count). The summed E-state index contributed by atoms with van der Waals surface area (Å²) in [5.74, 6) is -1.07.